The van der Waals surface area contributed by atoms with Crippen molar-refractivity contribution in [1.82, 2.24) is 24.8 Å². The first kappa shape index (κ1) is 16.7. The lowest BCUT2D eigenvalue weighted by Gasteiger charge is -2.41. The number of carbonyl (C=O) groups is 1. The van der Waals surface area contributed by atoms with Crippen LogP contribution in [-0.2, 0) is 0 Å². The first-order valence-corrected chi connectivity index (χ1v) is 10.2. The predicted octanol–water partition coefficient (Wildman–Crippen LogP) is 2.98. The summed E-state index contributed by atoms with van der Waals surface area (Å²) in [5, 5.41) is 2.08. The average Bonchev–Trinajstić information content (AvgIpc) is 3.44. The van der Waals surface area contributed by atoms with E-state index in [1.165, 1.54) is 0 Å². The van der Waals surface area contributed by atoms with Crippen molar-refractivity contribution in [3.63, 3.8) is 0 Å². The highest BCUT2D eigenvalue weighted by Gasteiger charge is 2.41. The zero-order chi connectivity index (χ0) is 19.4. The highest BCUT2D eigenvalue weighted by Crippen LogP contribution is 2.34. The number of carbonyl (C=O) groups excluding carboxylic acids is 1. The summed E-state index contributed by atoms with van der Waals surface area (Å²) >= 11 is 0. The van der Waals surface area contributed by atoms with Gasteiger partial charge in [0.15, 0.2) is 5.78 Å². The minimum atomic E-state index is 0.197. The Balaban J connectivity index is 1.24. The maximum atomic E-state index is 13.1. The molecule has 6 rings (SSSR count). The van der Waals surface area contributed by atoms with Gasteiger partial charge in [0.1, 0.15) is 17.8 Å². The number of hydrogen-bond acceptors (Lipinski definition) is 5. The van der Waals surface area contributed by atoms with Crippen LogP contribution < -0.4 is 4.90 Å². The number of aromatic nitrogens is 4. The van der Waals surface area contributed by atoms with Crippen LogP contribution in [0.3, 0.4) is 0 Å². The number of ketones is 1. The van der Waals surface area contributed by atoms with Gasteiger partial charge in [-0.3, -0.25) is 9.69 Å². The number of piperazine rings is 1. The summed E-state index contributed by atoms with van der Waals surface area (Å²) in [6, 6.07) is 10.8. The molecule has 2 unspecified atom stereocenters. The maximum absolute atomic E-state index is 13.1. The lowest BCUT2D eigenvalue weighted by atomic mass is 10.1. The van der Waals surface area contributed by atoms with Crippen molar-refractivity contribution in [3.05, 3.63) is 54.6 Å². The molecule has 1 aromatic carbocycles. The van der Waals surface area contributed by atoms with Crippen LogP contribution in [0.4, 0.5) is 5.82 Å². The number of para-hydroxylation sites is 1. The standard InChI is InChI=1S/C22H22N6O/c29-20(18-9-24-19-4-2-1-3-16(18)19)12-28-14-5-6-15(28)11-27(10-14)22-17-7-8-23-21(17)25-13-26-22/h1-4,7-9,13-15,24H,5-6,10-12H2,(H,23,25,26). The molecule has 2 aliphatic rings. The number of Topliss-reactive ketones (excluding diaryl/α,β-unsaturated/α-hetero) is 1. The van der Waals surface area contributed by atoms with E-state index in [9.17, 15) is 4.79 Å². The van der Waals surface area contributed by atoms with E-state index >= 15 is 0 Å². The molecule has 0 spiro atoms. The number of anilines is 1. The summed E-state index contributed by atoms with van der Waals surface area (Å²) in [5.41, 5.74) is 2.69. The smallest absolute Gasteiger partial charge is 0.178 e. The van der Waals surface area contributed by atoms with Crippen molar-refractivity contribution < 1.29 is 4.79 Å². The SMILES string of the molecule is O=C(CN1C2CCC1CN(c1ncnc3[nH]ccc13)C2)c1c[nH]c2ccccc12. The van der Waals surface area contributed by atoms with Crippen molar-refractivity contribution in [1.29, 1.82) is 0 Å². The van der Waals surface area contributed by atoms with Crippen LogP contribution in [0, 0.1) is 0 Å². The van der Waals surface area contributed by atoms with E-state index in [-0.39, 0.29) is 5.78 Å². The number of rotatable bonds is 4. The molecule has 2 aliphatic heterocycles. The first-order valence-electron chi connectivity index (χ1n) is 10.2. The van der Waals surface area contributed by atoms with Crippen molar-refractivity contribution in [3.8, 4) is 0 Å². The number of nitrogens with zero attached hydrogens (tertiary/aromatic N) is 4. The van der Waals surface area contributed by atoms with Crippen LogP contribution in [0.15, 0.2) is 49.1 Å². The van der Waals surface area contributed by atoms with Crippen LogP contribution in [-0.4, -0.2) is 62.3 Å². The number of hydrogen-bond donors (Lipinski definition) is 2. The van der Waals surface area contributed by atoms with Crippen LogP contribution in [0.25, 0.3) is 21.9 Å². The third kappa shape index (κ3) is 2.65. The molecule has 4 aromatic rings. The van der Waals surface area contributed by atoms with E-state index in [4.69, 9.17) is 0 Å². The lowest BCUT2D eigenvalue weighted by molar-refractivity contribution is 0.0867. The summed E-state index contributed by atoms with van der Waals surface area (Å²) in [4.78, 5) is 33.1. The largest absolute Gasteiger partial charge is 0.360 e. The van der Waals surface area contributed by atoms with Gasteiger partial charge in [-0.25, -0.2) is 9.97 Å². The molecule has 3 aromatic heterocycles. The monoisotopic (exact) mass is 386 g/mol. The molecule has 2 fully saturated rings. The Bertz CT molecular complexity index is 1200. The fourth-order valence-electron chi connectivity index (χ4n) is 5.09. The summed E-state index contributed by atoms with van der Waals surface area (Å²) in [6.45, 7) is 2.28. The zero-order valence-corrected chi connectivity index (χ0v) is 16.0. The van der Waals surface area contributed by atoms with E-state index in [1.807, 2.05) is 42.7 Å². The van der Waals surface area contributed by atoms with Gasteiger partial charge in [0.05, 0.1) is 11.9 Å². The minimum Gasteiger partial charge on any atom is -0.360 e. The molecule has 2 N–H and O–H groups in total. The van der Waals surface area contributed by atoms with Gasteiger partial charge in [0.25, 0.3) is 0 Å². The molecular weight excluding hydrogens is 364 g/mol. The Morgan fingerprint density at radius 1 is 1.03 bits per heavy atom. The fourth-order valence-corrected chi connectivity index (χ4v) is 5.09. The molecule has 2 saturated heterocycles. The molecule has 0 amide bonds. The van der Waals surface area contributed by atoms with Crippen LogP contribution in [0.1, 0.15) is 23.2 Å². The van der Waals surface area contributed by atoms with Crippen molar-refractivity contribution >= 4 is 33.5 Å². The zero-order valence-electron chi connectivity index (χ0n) is 16.0. The Kier molecular flexibility index (Phi) is 3.70. The molecule has 2 atom stereocenters. The second-order valence-electron chi connectivity index (χ2n) is 8.07. The molecule has 0 saturated carbocycles. The molecular formula is C22H22N6O. The van der Waals surface area contributed by atoms with Crippen molar-refractivity contribution in [2.45, 2.75) is 24.9 Å². The fraction of sp³-hybridized carbons (Fsp3) is 0.318. The van der Waals surface area contributed by atoms with Gasteiger partial charge < -0.3 is 14.9 Å². The van der Waals surface area contributed by atoms with E-state index in [0.29, 0.717) is 18.6 Å². The van der Waals surface area contributed by atoms with Gasteiger partial charge in [0.2, 0.25) is 0 Å². The third-order valence-corrected chi connectivity index (χ3v) is 6.48. The molecule has 7 nitrogen and oxygen atoms in total. The van der Waals surface area contributed by atoms with Gasteiger partial charge in [0, 0.05) is 54.0 Å². The maximum Gasteiger partial charge on any atom is 0.178 e. The van der Waals surface area contributed by atoms with Gasteiger partial charge >= 0.3 is 0 Å². The Morgan fingerprint density at radius 2 is 1.86 bits per heavy atom. The highest BCUT2D eigenvalue weighted by molar-refractivity contribution is 6.08. The normalized spacial score (nSPS) is 22.0. The summed E-state index contributed by atoms with van der Waals surface area (Å²) in [7, 11) is 0. The molecule has 146 valence electrons. The summed E-state index contributed by atoms with van der Waals surface area (Å²) in [6.07, 6.45) is 7.65. The van der Waals surface area contributed by atoms with Gasteiger partial charge in [-0.05, 0) is 25.0 Å². The second kappa shape index (κ2) is 6.42. The van der Waals surface area contributed by atoms with E-state index in [0.717, 1.165) is 59.2 Å². The molecule has 5 heterocycles. The molecule has 0 radical (unpaired) electrons. The van der Waals surface area contributed by atoms with Crippen LogP contribution in [0.2, 0.25) is 0 Å². The molecule has 29 heavy (non-hydrogen) atoms. The van der Waals surface area contributed by atoms with Gasteiger partial charge in [-0.15, -0.1) is 0 Å². The van der Waals surface area contributed by atoms with Crippen LogP contribution >= 0.6 is 0 Å². The number of H-pyrrole nitrogens is 2. The number of nitrogens with one attached hydrogen (secondary N) is 2. The number of benzene rings is 1. The summed E-state index contributed by atoms with van der Waals surface area (Å²) in [5.74, 6) is 1.19. The van der Waals surface area contributed by atoms with Gasteiger partial charge in [-0.1, -0.05) is 18.2 Å². The van der Waals surface area contributed by atoms with E-state index in [2.05, 4.69) is 29.7 Å². The molecule has 7 heteroatoms. The Morgan fingerprint density at radius 3 is 2.72 bits per heavy atom. The van der Waals surface area contributed by atoms with Gasteiger partial charge in [-0.2, -0.15) is 0 Å². The topological polar surface area (TPSA) is 80.9 Å². The number of fused-ring (bicyclic) bond motifs is 4. The van der Waals surface area contributed by atoms with Crippen LogP contribution in [0.5, 0.6) is 0 Å². The highest BCUT2D eigenvalue weighted by atomic mass is 16.1. The third-order valence-electron chi connectivity index (χ3n) is 6.48. The number of aromatic amines is 2. The first-order chi connectivity index (χ1) is 14.3. The minimum absolute atomic E-state index is 0.197. The van der Waals surface area contributed by atoms with Crippen molar-refractivity contribution in [2.75, 3.05) is 24.5 Å². The van der Waals surface area contributed by atoms with Crippen molar-refractivity contribution in [2.24, 2.45) is 0 Å². The lowest BCUT2D eigenvalue weighted by Crippen LogP contribution is -2.55. The van der Waals surface area contributed by atoms with E-state index in [1.54, 1.807) is 6.33 Å². The quantitative estimate of drug-likeness (QED) is 0.527. The van der Waals surface area contributed by atoms with E-state index < -0.39 is 0 Å². The Hall–Kier alpha value is -3.19. The second-order valence-corrected chi connectivity index (χ2v) is 8.07. The average molecular weight is 386 g/mol. The molecule has 0 aliphatic carbocycles. The summed E-state index contributed by atoms with van der Waals surface area (Å²) < 4.78 is 0. The predicted molar refractivity (Wildman–Crippen MR) is 112 cm³/mol. The Labute approximate surface area is 167 Å². The molecule has 2 bridgehead atoms.